The van der Waals surface area contributed by atoms with Crippen LogP contribution < -0.4 is 0 Å². The molecule has 10 nitrogen and oxygen atoms in total. The van der Waals surface area contributed by atoms with Crippen LogP contribution in [0.4, 0.5) is 13.2 Å². The van der Waals surface area contributed by atoms with E-state index in [1.807, 2.05) is 0 Å². The normalized spacial score (nSPS) is 15.7. The molecule has 0 unspecified atom stereocenters. The van der Waals surface area contributed by atoms with Gasteiger partial charge < -0.3 is 4.90 Å². The molecule has 0 radical (unpaired) electrons. The summed E-state index contributed by atoms with van der Waals surface area (Å²) in [5.74, 6) is -0.597. The van der Waals surface area contributed by atoms with Crippen LogP contribution in [0.1, 0.15) is 16.2 Å². The van der Waals surface area contributed by atoms with Gasteiger partial charge in [-0.1, -0.05) is 6.07 Å². The number of halogens is 3. The van der Waals surface area contributed by atoms with E-state index in [0.29, 0.717) is 9.39 Å². The van der Waals surface area contributed by atoms with E-state index in [1.165, 1.54) is 43.7 Å². The maximum absolute atomic E-state index is 13.8. The van der Waals surface area contributed by atoms with Gasteiger partial charge in [-0.2, -0.15) is 27.7 Å². The lowest BCUT2D eigenvalue weighted by Gasteiger charge is -2.33. The molecule has 1 amide bonds. The van der Waals surface area contributed by atoms with E-state index >= 15 is 0 Å². The number of nitrogens with zero attached hydrogens (tertiary/aromatic N) is 7. The molecule has 184 valence electrons. The van der Waals surface area contributed by atoms with Crippen molar-refractivity contribution < 1.29 is 26.4 Å². The summed E-state index contributed by atoms with van der Waals surface area (Å²) in [6.45, 7) is 0.189. The molecule has 0 N–H and O–H groups in total. The molecule has 1 fully saturated rings. The second-order valence-electron chi connectivity index (χ2n) is 7.85. The van der Waals surface area contributed by atoms with E-state index in [4.69, 9.17) is 0 Å². The summed E-state index contributed by atoms with van der Waals surface area (Å²) >= 11 is 1.25. The summed E-state index contributed by atoms with van der Waals surface area (Å²) < 4.78 is 70.0. The first kappa shape index (κ1) is 23.4. The summed E-state index contributed by atoms with van der Waals surface area (Å²) in [5.41, 5.74) is -1.22. The first-order chi connectivity index (χ1) is 16.5. The van der Waals surface area contributed by atoms with E-state index in [-0.39, 0.29) is 48.1 Å². The fourth-order valence-corrected chi connectivity index (χ4v) is 5.90. The number of aryl methyl sites for hydroxylation is 1. The topological polar surface area (TPSA) is 106 Å². The van der Waals surface area contributed by atoms with E-state index in [0.717, 1.165) is 6.07 Å². The third kappa shape index (κ3) is 4.30. The number of hydrogen-bond donors (Lipinski definition) is 0. The minimum absolute atomic E-state index is 0.0327. The smallest absolute Gasteiger partial charge is 0.335 e. The van der Waals surface area contributed by atoms with Crippen molar-refractivity contribution in [2.75, 3.05) is 26.2 Å². The van der Waals surface area contributed by atoms with Crippen LogP contribution in [-0.2, 0) is 23.2 Å². The highest BCUT2D eigenvalue weighted by molar-refractivity contribution is 7.89. The number of rotatable bonds is 4. The van der Waals surface area contributed by atoms with Gasteiger partial charge in [0.1, 0.15) is 4.90 Å². The first-order valence-electron chi connectivity index (χ1n) is 10.3. The molecule has 0 aliphatic carbocycles. The number of alkyl halides is 3. The van der Waals surface area contributed by atoms with Crippen molar-refractivity contribution in [2.24, 2.45) is 7.05 Å². The lowest BCUT2D eigenvalue weighted by molar-refractivity contribution is -0.142. The molecule has 15 heteroatoms. The van der Waals surface area contributed by atoms with Crippen LogP contribution >= 0.6 is 11.3 Å². The van der Waals surface area contributed by atoms with E-state index < -0.39 is 27.8 Å². The summed E-state index contributed by atoms with van der Waals surface area (Å²) in [6, 6.07) is 5.49. The van der Waals surface area contributed by atoms with Gasteiger partial charge >= 0.3 is 6.18 Å². The number of fused-ring (bicyclic) bond motifs is 1. The minimum atomic E-state index is -4.72. The average molecular weight is 526 g/mol. The van der Waals surface area contributed by atoms with Gasteiger partial charge in [0, 0.05) is 45.5 Å². The lowest BCUT2D eigenvalue weighted by atomic mass is 10.2. The number of amides is 1. The van der Waals surface area contributed by atoms with Gasteiger partial charge in [-0.15, -0.1) is 11.3 Å². The Morgan fingerprint density at radius 1 is 1.14 bits per heavy atom. The maximum atomic E-state index is 13.8. The van der Waals surface area contributed by atoms with Crippen LogP contribution in [0.5, 0.6) is 0 Å². The fraction of sp³-hybridized carbons (Fsp3) is 0.300. The molecule has 4 aromatic heterocycles. The Bertz CT molecular complexity index is 1500. The standard InChI is InChI=1S/C20H18F3N7O3S2/c1-27-12-13(11-24-27)35(32,33)29-6-4-28(5-7-29)19(31)15-10-18-25-14(16-3-2-8-34-16)9-17(20(21,22)23)30(18)26-15/h2-3,8-12H,4-7H2,1H3. The molecule has 1 aliphatic heterocycles. The van der Waals surface area contributed by atoms with Crippen LogP contribution in [0.25, 0.3) is 16.2 Å². The van der Waals surface area contributed by atoms with E-state index in [2.05, 4.69) is 15.2 Å². The molecule has 0 saturated carbocycles. The fourth-order valence-electron chi connectivity index (χ4n) is 3.81. The number of thiophene rings is 1. The van der Waals surface area contributed by atoms with Crippen molar-refractivity contribution in [3.63, 3.8) is 0 Å². The highest BCUT2D eigenvalue weighted by Crippen LogP contribution is 2.33. The predicted octanol–water partition coefficient (Wildman–Crippen LogP) is 2.36. The quantitative estimate of drug-likeness (QED) is 0.405. The second kappa shape index (κ2) is 8.42. The van der Waals surface area contributed by atoms with Gasteiger partial charge in [-0.3, -0.25) is 9.48 Å². The van der Waals surface area contributed by atoms with E-state index in [1.54, 1.807) is 24.6 Å². The molecular formula is C20H18F3N7O3S2. The van der Waals surface area contributed by atoms with Crippen molar-refractivity contribution in [3.05, 3.63) is 53.4 Å². The van der Waals surface area contributed by atoms with Crippen molar-refractivity contribution in [2.45, 2.75) is 11.1 Å². The third-order valence-corrected chi connectivity index (χ3v) is 8.30. The SMILES string of the molecule is Cn1cc(S(=O)(=O)N2CCN(C(=O)c3cc4nc(-c5cccs5)cc(C(F)(F)F)n4n3)CC2)cn1. The first-order valence-corrected chi connectivity index (χ1v) is 12.7. The molecule has 1 saturated heterocycles. The Morgan fingerprint density at radius 2 is 1.89 bits per heavy atom. The molecule has 0 spiro atoms. The molecule has 0 atom stereocenters. The summed E-state index contributed by atoms with van der Waals surface area (Å²) in [6.07, 6.45) is -2.08. The van der Waals surface area contributed by atoms with Crippen LogP contribution in [0.15, 0.2) is 46.9 Å². The lowest BCUT2D eigenvalue weighted by Crippen LogP contribution is -2.50. The predicted molar refractivity (Wildman–Crippen MR) is 119 cm³/mol. The number of hydrogen-bond acceptors (Lipinski definition) is 7. The number of aromatic nitrogens is 5. The van der Waals surface area contributed by atoms with Gasteiger partial charge in [0.15, 0.2) is 17.0 Å². The number of carbonyl (C=O) groups excluding carboxylic acids is 1. The maximum Gasteiger partial charge on any atom is 0.433 e. The van der Waals surface area contributed by atoms with Crippen molar-refractivity contribution in [1.82, 2.24) is 33.6 Å². The zero-order valence-electron chi connectivity index (χ0n) is 18.2. The minimum Gasteiger partial charge on any atom is -0.335 e. The average Bonchev–Trinajstić information content (AvgIpc) is 3.57. The Balaban J connectivity index is 1.40. The second-order valence-corrected chi connectivity index (χ2v) is 10.7. The zero-order valence-corrected chi connectivity index (χ0v) is 19.8. The van der Waals surface area contributed by atoms with Gasteiger partial charge in [-0.05, 0) is 17.5 Å². The van der Waals surface area contributed by atoms with Crippen molar-refractivity contribution >= 4 is 32.9 Å². The molecule has 35 heavy (non-hydrogen) atoms. The number of sulfonamides is 1. The summed E-state index contributed by atoms with van der Waals surface area (Å²) in [7, 11) is -2.16. The largest absolute Gasteiger partial charge is 0.433 e. The summed E-state index contributed by atoms with van der Waals surface area (Å²) in [5, 5.41) is 9.51. The highest BCUT2D eigenvalue weighted by atomic mass is 32.2. The molecule has 0 bridgehead atoms. The Labute approximate surface area is 201 Å². The number of carbonyl (C=O) groups is 1. The Kier molecular flexibility index (Phi) is 5.64. The Morgan fingerprint density at radius 3 is 2.49 bits per heavy atom. The van der Waals surface area contributed by atoms with Crippen LogP contribution in [0, 0.1) is 0 Å². The van der Waals surface area contributed by atoms with Crippen molar-refractivity contribution in [3.8, 4) is 10.6 Å². The number of piperazine rings is 1. The zero-order chi connectivity index (χ0) is 25.0. The molecule has 1 aliphatic rings. The summed E-state index contributed by atoms with van der Waals surface area (Å²) in [4.78, 5) is 19.3. The molecular weight excluding hydrogens is 507 g/mol. The highest BCUT2D eigenvalue weighted by Gasteiger charge is 2.37. The van der Waals surface area contributed by atoms with Gasteiger partial charge in [0.05, 0.1) is 16.8 Å². The van der Waals surface area contributed by atoms with Crippen LogP contribution in [0.3, 0.4) is 0 Å². The van der Waals surface area contributed by atoms with Crippen molar-refractivity contribution in [1.29, 1.82) is 0 Å². The van der Waals surface area contributed by atoms with Gasteiger partial charge in [-0.25, -0.2) is 17.9 Å². The third-order valence-electron chi connectivity index (χ3n) is 5.56. The molecule has 5 rings (SSSR count). The van der Waals surface area contributed by atoms with Gasteiger partial charge in [0.25, 0.3) is 5.91 Å². The van der Waals surface area contributed by atoms with Crippen LogP contribution in [-0.4, -0.2) is 74.1 Å². The monoisotopic (exact) mass is 525 g/mol. The molecule has 5 heterocycles. The van der Waals surface area contributed by atoms with E-state index in [9.17, 15) is 26.4 Å². The Hall–Kier alpha value is -3.30. The van der Waals surface area contributed by atoms with Crippen LogP contribution in [0.2, 0.25) is 0 Å². The molecule has 4 aromatic rings. The molecule has 0 aromatic carbocycles. The van der Waals surface area contributed by atoms with Gasteiger partial charge in [0.2, 0.25) is 10.0 Å².